The number of hydrogen-bond acceptors (Lipinski definition) is 6. The lowest BCUT2D eigenvalue weighted by Crippen LogP contribution is -2.29. The van der Waals surface area contributed by atoms with E-state index in [1.165, 1.54) is 24.3 Å². The maximum atomic E-state index is 12.6. The van der Waals surface area contributed by atoms with Crippen molar-refractivity contribution in [2.75, 3.05) is 5.01 Å². The van der Waals surface area contributed by atoms with Crippen molar-refractivity contribution in [1.29, 1.82) is 0 Å². The third-order valence-electron chi connectivity index (χ3n) is 3.57. The molecule has 1 unspecified atom stereocenters. The standard InChI is InChI=1S/C16H13ClN4O4S/c1-10-15(19-18-12-4-2-3-11(17)9-12)16(22)21(20-10)13-5-7-14(8-6-13)26(23,24)25/h2-9,15H,1H3,(H,23,24,25). The van der Waals surface area contributed by atoms with Gasteiger partial charge in [0, 0.05) is 5.02 Å². The van der Waals surface area contributed by atoms with Gasteiger partial charge < -0.3 is 0 Å². The van der Waals surface area contributed by atoms with Crippen molar-refractivity contribution in [2.24, 2.45) is 15.3 Å². The minimum atomic E-state index is -4.30. The minimum absolute atomic E-state index is 0.272. The first kappa shape index (κ1) is 18.2. The molecule has 2 aromatic rings. The molecule has 1 heterocycles. The highest BCUT2D eigenvalue weighted by molar-refractivity contribution is 7.85. The molecule has 1 atom stereocenters. The van der Waals surface area contributed by atoms with Gasteiger partial charge in [-0.05, 0) is 49.4 Å². The van der Waals surface area contributed by atoms with Gasteiger partial charge in [-0.15, -0.1) is 0 Å². The topological polar surface area (TPSA) is 112 Å². The summed E-state index contributed by atoms with van der Waals surface area (Å²) in [5, 5.41) is 13.8. The Hall–Kier alpha value is -2.62. The summed E-state index contributed by atoms with van der Waals surface area (Å²) in [5.74, 6) is -0.423. The zero-order valence-electron chi connectivity index (χ0n) is 13.4. The third-order valence-corrected chi connectivity index (χ3v) is 4.68. The van der Waals surface area contributed by atoms with Gasteiger partial charge in [0.1, 0.15) is 0 Å². The number of hydrazone groups is 1. The van der Waals surface area contributed by atoms with Crippen molar-refractivity contribution in [3.05, 3.63) is 53.6 Å². The highest BCUT2D eigenvalue weighted by Gasteiger charge is 2.34. The van der Waals surface area contributed by atoms with E-state index >= 15 is 0 Å². The Morgan fingerprint density at radius 3 is 2.50 bits per heavy atom. The smallest absolute Gasteiger partial charge is 0.282 e. The monoisotopic (exact) mass is 392 g/mol. The maximum Gasteiger partial charge on any atom is 0.294 e. The van der Waals surface area contributed by atoms with Crippen LogP contribution in [0.1, 0.15) is 6.92 Å². The lowest BCUT2D eigenvalue weighted by Gasteiger charge is -2.12. The third kappa shape index (κ3) is 3.79. The molecular formula is C16H13ClN4O4S. The molecule has 2 aromatic carbocycles. The summed E-state index contributed by atoms with van der Waals surface area (Å²) in [6.07, 6.45) is 0. The van der Waals surface area contributed by atoms with E-state index in [1.54, 1.807) is 31.2 Å². The number of azo groups is 1. The lowest BCUT2D eigenvalue weighted by molar-refractivity contribution is -0.117. The fourth-order valence-electron chi connectivity index (χ4n) is 2.30. The molecule has 10 heteroatoms. The van der Waals surface area contributed by atoms with E-state index in [-0.39, 0.29) is 4.90 Å². The molecule has 1 aliphatic rings. The SMILES string of the molecule is CC1=NN(c2ccc(S(=O)(=O)O)cc2)C(=O)C1N=Nc1cccc(Cl)c1. The zero-order chi connectivity index (χ0) is 18.9. The van der Waals surface area contributed by atoms with Crippen molar-refractivity contribution in [2.45, 2.75) is 17.9 Å². The molecule has 0 fully saturated rings. The largest absolute Gasteiger partial charge is 0.294 e. The highest BCUT2D eigenvalue weighted by atomic mass is 35.5. The Kier molecular flexibility index (Phi) is 4.86. The Morgan fingerprint density at radius 2 is 1.88 bits per heavy atom. The predicted octanol–water partition coefficient (Wildman–Crippen LogP) is 3.46. The summed E-state index contributed by atoms with van der Waals surface area (Å²) >= 11 is 5.88. The Bertz CT molecular complexity index is 1020. The van der Waals surface area contributed by atoms with E-state index in [1.807, 2.05) is 0 Å². The first-order valence-corrected chi connectivity index (χ1v) is 9.20. The van der Waals surface area contributed by atoms with Crippen LogP contribution < -0.4 is 5.01 Å². The predicted molar refractivity (Wildman–Crippen MR) is 96.6 cm³/mol. The average Bonchev–Trinajstić information content (AvgIpc) is 2.87. The number of halogens is 1. The van der Waals surface area contributed by atoms with E-state index in [9.17, 15) is 13.2 Å². The van der Waals surface area contributed by atoms with Gasteiger partial charge in [0.05, 0.1) is 22.0 Å². The van der Waals surface area contributed by atoms with Gasteiger partial charge in [0.15, 0.2) is 6.04 Å². The molecule has 1 N–H and O–H groups in total. The van der Waals surface area contributed by atoms with Gasteiger partial charge in [-0.25, -0.2) is 0 Å². The molecule has 134 valence electrons. The van der Waals surface area contributed by atoms with Crippen LogP contribution >= 0.6 is 11.6 Å². The van der Waals surface area contributed by atoms with E-state index < -0.39 is 22.1 Å². The van der Waals surface area contributed by atoms with Crippen LogP contribution in [0.4, 0.5) is 11.4 Å². The van der Waals surface area contributed by atoms with Crippen LogP contribution in [0.15, 0.2) is 68.8 Å². The number of rotatable bonds is 4. The molecule has 0 radical (unpaired) electrons. The molecule has 1 amide bonds. The van der Waals surface area contributed by atoms with E-state index in [2.05, 4.69) is 15.3 Å². The van der Waals surface area contributed by atoms with Gasteiger partial charge in [-0.2, -0.15) is 28.8 Å². The normalized spacial score (nSPS) is 17.8. The molecule has 0 saturated heterocycles. The summed E-state index contributed by atoms with van der Waals surface area (Å²) in [6, 6.07) is 11.0. The fraction of sp³-hybridized carbons (Fsp3) is 0.125. The number of carbonyl (C=O) groups is 1. The fourth-order valence-corrected chi connectivity index (χ4v) is 2.96. The van der Waals surface area contributed by atoms with Crippen LogP contribution in [0.5, 0.6) is 0 Å². The summed E-state index contributed by atoms with van der Waals surface area (Å²) in [7, 11) is -4.30. The van der Waals surface area contributed by atoms with Crippen LogP contribution in [0, 0.1) is 0 Å². The Labute approximate surface area is 154 Å². The molecule has 0 saturated carbocycles. The Morgan fingerprint density at radius 1 is 1.19 bits per heavy atom. The number of anilines is 1. The lowest BCUT2D eigenvalue weighted by atomic mass is 10.2. The van der Waals surface area contributed by atoms with Crippen molar-refractivity contribution in [3.8, 4) is 0 Å². The molecule has 0 aromatic heterocycles. The van der Waals surface area contributed by atoms with Gasteiger partial charge in [0.2, 0.25) is 0 Å². The van der Waals surface area contributed by atoms with Gasteiger partial charge in [-0.3, -0.25) is 9.35 Å². The molecule has 0 bridgehead atoms. The molecule has 26 heavy (non-hydrogen) atoms. The molecule has 0 aliphatic carbocycles. The summed E-state index contributed by atoms with van der Waals surface area (Å²) in [5.41, 5.74) is 1.30. The maximum absolute atomic E-state index is 12.6. The first-order chi connectivity index (χ1) is 12.3. The van der Waals surface area contributed by atoms with Gasteiger partial charge >= 0.3 is 0 Å². The van der Waals surface area contributed by atoms with Crippen LogP contribution in [-0.4, -0.2) is 30.6 Å². The number of hydrogen-bond donors (Lipinski definition) is 1. The van der Waals surface area contributed by atoms with Crippen LogP contribution in [0.3, 0.4) is 0 Å². The van der Waals surface area contributed by atoms with E-state index in [0.717, 1.165) is 5.01 Å². The Balaban J connectivity index is 1.81. The molecule has 3 rings (SSSR count). The zero-order valence-corrected chi connectivity index (χ0v) is 15.0. The highest BCUT2D eigenvalue weighted by Crippen LogP contribution is 2.25. The molecule has 8 nitrogen and oxygen atoms in total. The van der Waals surface area contributed by atoms with Crippen LogP contribution in [0.25, 0.3) is 0 Å². The summed E-state index contributed by atoms with van der Waals surface area (Å²) in [4.78, 5) is 12.3. The summed E-state index contributed by atoms with van der Waals surface area (Å²) < 4.78 is 31.2. The average molecular weight is 393 g/mol. The van der Waals surface area contributed by atoms with Crippen molar-refractivity contribution in [3.63, 3.8) is 0 Å². The van der Waals surface area contributed by atoms with Crippen molar-refractivity contribution in [1.82, 2.24) is 0 Å². The second kappa shape index (κ2) is 6.94. The van der Waals surface area contributed by atoms with Crippen molar-refractivity contribution < 1.29 is 17.8 Å². The quantitative estimate of drug-likeness (QED) is 0.634. The number of nitrogens with zero attached hydrogens (tertiary/aromatic N) is 4. The summed E-state index contributed by atoms with van der Waals surface area (Å²) in [6.45, 7) is 1.64. The molecular weight excluding hydrogens is 380 g/mol. The van der Waals surface area contributed by atoms with Gasteiger partial charge in [-0.1, -0.05) is 17.7 Å². The van der Waals surface area contributed by atoms with Crippen molar-refractivity contribution >= 4 is 44.7 Å². The number of amides is 1. The van der Waals surface area contributed by atoms with Crippen LogP contribution in [-0.2, 0) is 14.9 Å². The minimum Gasteiger partial charge on any atom is -0.282 e. The van der Waals surface area contributed by atoms with Crippen LogP contribution in [0.2, 0.25) is 5.02 Å². The number of carbonyl (C=O) groups excluding carboxylic acids is 1. The van der Waals surface area contributed by atoms with Gasteiger partial charge in [0.25, 0.3) is 16.0 Å². The second-order valence-corrected chi connectivity index (χ2v) is 7.32. The van der Waals surface area contributed by atoms with E-state index in [0.29, 0.717) is 22.1 Å². The molecule has 1 aliphatic heterocycles. The van der Waals surface area contributed by atoms with E-state index in [4.69, 9.17) is 16.2 Å². The molecule has 0 spiro atoms. The number of benzene rings is 2. The first-order valence-electron chi connectivity index (χ1n) is 7.39. The second-order valence-electron chi connectivity index (χ2n) is 5.46.